The molecule has 1 aromatic rings. The van der Waals surface area contributed by atoms with Crippen LogP contribution in [0.2, 0.25) is 0 Å². The van der Waals surface area contributed by atoms with Gasteiger partial charge in [-0.1, -0.05) is 27.7 Å². The lowest BCUT2D eigenvalue weighted by molar-refractivity contribution is -0.116. The van der Waals surface area contributed by atoms with Crippen LogP contribution in [0, 0.1) is 0 Å². The first-order valence-corrected chi connectivity index (χ1v) is 7.91. The Labute approximate surface area is 122 Å². The van der Waals surface area contributed by atoms with Crippen LogP contribution in [0.4, 0.5) is 0 Å². The fourth-order valence-corrected chi connectivity index (χ4v) is 2.73. The highest BCUT2D eigenvalue weighted by Gasteiger charge is 2.15. The molecule has 1 N–H and O–H groups in total. The lowest BCUT2D eigenvalue weighted by Gasteiger charge is -1.97. The third kappa shape index (κ3) is 4.47. The van der Waals surface area contributed by atoms with Crippen molar-refractivity contribution >= 4 is 56.7 Å². The first kappa shape index (κ1) is 13.6. The van der Waals surface area contributed by atoms with Crippen molar-refractivity contribution in [2.75, 3.05) is 11.5 Å². The molecule has 0 spiro atoms. The number of carbonyl (C=O) groups is 1. The number of hydrogen-bond acceptors (Lipinski definition) is 5. The van der Waals surface area contributed by atoms with Crippen LogP contribution in [0.1, 0.15) is 0 Å². The minimum absolute atomic E-state index is 0.0156. The molecule has 4 nitrogen and oxygen atoms in total. The van der Waals surface area contributed by atoms with Crippen LogP contribution in [0.25, 0.3) is 0 Å². The number of rotatable bonds is 4. The number of nitrogens with one attached hydrogen (secondary N) is 1. The molecule has 1 fully saturated rings. The molecule has 0 atom stereocenters. The van der Waals surface area contributed by atoms with Crippen molar-refractivity contribution in [1.29, 1.82) is 0 Å². The molecule has 0 unspecified atom stereocenters. The van der Waals surface area contributed by atoms with Gasteiger partial charge in [-0.05, 0) is 24.3 Å². The normalized spacial score (nSPS) is 17.6. The van der Waals surface area contributed by atoms with Crippen LogP contribution in [0.15, 0.2) is 43.8 Å². The van der Waals surface area contributed by atoms with Gasteiger partial charge in [0.1, 0.15) is 0 Å². The van der Waals surface area contributed by atoms with Crippen LogP contribution in [-0.4, -0.2) is 28.8 Å². The van der Waals surface area contributed by atoms with Crippen LogP contribution in [-0.2, 0) is 4.79 Å². The molecule has 2 rings (SSSR count). The summed E-state index contributed by atoms with van der Waals surface area (Å²) in [5, 5.41) is 11.0. The number of carbonyl (C=O) groups excluding carboxylic acids is 1. The second kappa shape index (κ2) is 6.96. The van der Waals surface area contributed by atoms with Crippen LogP contribution < -0.4 is 5.32 Å². The molecule has 1 aliphatic rings. The summed E-state index contributed by atoms with van der Waals surface area (Å²) in [6.45, 7) is 0. The fourth-order valence-electron chi connectivity index (χ4n) is 1.17. The lowest BCUT2D eigenvalue weighted by Crippen LogP contribution is -2.19. The molecule has 1 aliphatic heterocycles. The summed E-state index contributed by atoms with van der Waals surface area (Å²) < 4.78 is 1.07. The second-order valence-corrected chi connectivity index (χ2v) is 6.28. The Morgan fingerprint density at radius 3 is 2.89 bits per heavy atom. The summed E-state index contributed by atoms with van der Waals surface area (Å²) in [5.74, 6) is 1.16. The van der Waals surface area contributed by atoms with Crippen molar-refractivity contribution < 1.29 is 4.79 Å². The molecule has 1 amide bonds. The molecule has 0 saturated carbocycles. The Bertz CT molecular complexity index is 488. The topological polar surface area (TPSA) is 53.8 Å². The molecule has 1 aromatic carbocycles. The molecular weight excluding hydrogens is 334 g/mol. The maximum atomic E-state index is 10.9. The van der Waals surface area contributed by atoms with Crippen LogP contribution in [0.5, 0.6) is 0 Å². The number of halogens is 1. The number of amidine groups is 1. The smallest absolute Gasteiger partial charge is 0.236 e. The van der Waals surface area contributed by atoms with Crippen molar-refractivity contribution in [1.82, 2.24) is 5.32 Å². The van der Waals surface area contributed by atoms with Gasteiger partial charge in [0.25, 0.3) is 0 Å². The van der Waals surface area contributed by atoms with Gasteiger partial charge < -0.3 is 5.32 Å². The van der Waals surface area contributed by atoms with Crippen molar-refractivity contribution in [2.24, 2.45) is 10.2 Å². The van der Waals surface area contributed by atoms with Gasteiger partial charge >= 0.3 is 0 Å². The lowest BCUT2D eigenvalue weighted by atomic mass is 10.4. The Balaban J connectivity index is 1.75. The van der Waals surface area contributed by atoms with Gasteiger partial charge in [0.05, 0.1) is 5.75 Å². The monoisotopic (exact) mass is 343 g/mol. The number of nitrogens with zero attached hydrogens (tertiary/aromatic N) is 2. The molecule has 94 valence electrons. The SMILES string of the molecule is O=C1CS/C(=N/N=C/CSc2ccc(Br)cc2)N1. The van der Waals surface area contributed by atoms with E-state index in [4.69, 9.17) is 0 Å². The molecular formula is C11H10BrN3OS2. The Morgan fingerprint density at radius 1 is 1.44 bits per heavy atom. The van der Waals surface area contributed by atoms with E-state index in [-0.39, 0.29) is 5.91 Å². The first-order chi connectivity index (χ1) is 8.74. The maximum absolute atomic E-state index is 10.9. The molecule has 18 heavy (non-hydrogen) atoms. The average Bonchev–Trinajstić information content (AvgIpc) is 2.77. The molecule has 0 bridgehead atoms. The summed E-state index contributed by atoms with van der Waals surface area (Å²) >= 11 is 6.44. The number of thioether (sulfide) groups is 2. The zero-order chi connectivity index (χ0) is 12.8. The number of hydrogen-bond donors (Lipinski definition) is 1. The third-order valence-electron chi connectivity index (χ3n) is 1.95. The van der Waals surface area contributed by atoms with Gasteiger partial charge in [0.2, 0.25) is 5.91 Å². The minimum Gasteiger partial charge on any atom is -0.303 e. The van der Waals surface area contributed by atoms with Gasteiger partial charge in [0.15, 0.2) is 5.17 Å². The zero-order valence-electron chi connectivity index (χ0n) is 9.30. The highest BCUT2D eigenvalue weighted by molar-refractivity contribution is 9.10. The Kier molecular flexibility index (Phi) is 5.27. The van der Waals surface area contributed by atoms with Crippen molar-refractivity contribution in [3.8, 4) is 0 Å². The van der Waals surface area contributed by atoms with E-state index in [1.807, 2.05) is 24.3 Å². The van der Waals surface area contributed by atoms with E-state index >= 15 is 0 Å². The van der Waals surface area contributed by atoms with E-state index in [1.165, 1.54) is 16.7 Å². The molecule has 7 heteroatoms. The van der Waals surface area contributed by atoms with Crippen molar-refractivity contribution in [3.05, 3.63) is 28.7 Å². The predicted molar refractivity (Wildman–Crippen MR) is 81.4 cm³/mol. The summed E-state index contributed by atoms with van der Waals surface area (Å²) in [6, 6.07) is 8.10. The maximum Gasteiger partial charge on any atom is 0.236 e. The second-order valence-electron chi connectivity index (χ2n) is 3.30. The van der Waals surface area contributed by atoms with E-state index in [9.17, 15) is 4.79 Å². The van der Waals surface area contributed by atoms with E-state index < -0.39 is 0 Å². The highest BCUT2D eigenvalue weighted by Crippen LogP contribution is 2.19. The Hall–Kier alpha value is -0.790. The summed E-state index contributed by atoms with van der Waals surface area (Å²) in [5.41, 5.74) is 0. The van der Waals surface area contributed by atoms with Gasteiger partial charge in [0, 0.05) is 21.3 Å². The number of benzene rings is 1. The molecule has 0 aliphatic carbocycles. The predicted octanol–water partition coefficient (Wildman–Crippen LogP) is 2.75. The summed E-state index contributed by atoms with van der Waals surface area (Å²) in [7, 11) is 0. The van der Waals surface area contributed by atoms with Gasteiger partial charge in [-0.3, -0.25) is 4.79 Å². The standard InChI is InChI=1S/C11H10BrN3OS2/c12-8-1-3-9(4-2-8)17-6-5-13-15-11-14-10(16)7-18-11/h1-5H,6-7H2,(H,14,15,16)/b13-5+. The van der Waals surface area contributed by atoms with Crippen molar-refractivity contribution in [3.63, 3.8) is 0 Å². The Morgan fingerprint density at radius 2 is 2.22 bits per heavy atom. The van der Waals surface area contributed by atoms with Crippen LogP contribution in [0.3, 0.4) is 0 Å². The highest BCUT2D eigenvalue weighted by atomic mass is 79.9. The summed E-state index contributed by atoms with van der Waals surface area (Å²) in [6.07, 6.45) is 1.73. The zero-order valence-corrected chi connectivity index (χ0v) is 12.5. The van der Waals surface area contributed by atoms with E-state index in [2.05, 4.69) is 31.4 Å². The third-order valence-corrected chi connectivity index (χ3v) is 4.27. The van der Waals surface area contributed by atoms with E-state index in [1.54, 1.807) is 18.0 Å². The number of amides is 1. The first-order valence-electron chi connectivity index (χ1n) is 5.14. The largest absolute Gasteiger partial charge is 0.303 e. The molecule has 1 saturated heterocycles. The van der Waals surface area contributed by atoms with Gasteiger partial charge in [-0.15, -0.1) is 16.9 Å². The van der Waals surface area contributed by atoms with Gasteiger partial charge in [-0.25, -0.2) is 0 Å². The molecule has 0 radical (unpaired) electrons. The van der Waals surface area contributed by atoms with E-state index in [0.717, 1.165) is 10.2 Å². The summed E-state index contributed by atoms with van der Waals surface area (Å²) in [4.78, 5) is 12.1. The van der Waals surface area contributed by atoms with Crippen molar-refractivity contribution in [2.45, 2.75) is 4.90 Å². The van der Waals surface area contributed by atoms with Crippen LogP contribution >= 0.6 is 39.5 Å². The molecule has 0 aromatic heterocycles. The van der Waals surface area contributed by atoms with Gasteiger partial charge in [-0.2, -0.15) is 5.10 Å². The quantitative estimate of drug-likeness (QED) is 0.519. The molecule has 1 heterocycles. The minimum atomic E-state index is -0.0156. The van der Waals surface area contributed by atoms with E-state index in [0.29, 0.717) is 10.9 Å². The fraction of sp³-hybridized carbons (Fsp3) is 0.182. The average molecular weight is 344 g/mol.